The summed E-state index contributed by atoms with van der Waals surface area (Å²) < 4.78 is 56.1. The third-order valence-corrected chi connectivity index (χ3v) is 10.0. The smallest absolute Gasteiger partial charge is 0.264 e. The Morgan fingerprint density at radius 2 is 1.82 bits per heavy atom. The Hall–Kier alpha value is -2.10. The lowest BCUT2D eigenvalue weighted by molar-refractivity contribution is 0.0684. The second-order valence-corrected chi connectivity index (χ2v) is 13.6. The number of sulfonamides is 1. The molecule has 0 amide bonds. The van der Waals surface area contributed by atoms with Crippen LogP contribution in [0.5, 0.6) is 0 Å². The van der Waals surface area contributed by atoms with E-state index in [0.29, 0.717) is 35.3 Å². The molecular formula is C25H35N3O4S2. The molecule has 7 nitrogen and oxygen atoms in total. The van der Waals surface area contributed by atoms with Crippen LogP contribution in [0.1, 0.15) is 39.2 Å². The van der Waals surface area contributed by atoms with Crippen LogP contribution < -0.4 is 9.21 Å². The van der Waals surface area contributed by atoms with Crippen LogP contribution in [0.4, 0.5) is 11.4 Å². The molecule has 4 rings (SSSR count). The molecule has 2 aliphatic rings. The fraction of sp³-hybridized carbons (Fsp3) is 0.520. The van der Waals surface area contributed by atoms with Gasteiger partial charge in [-0.2, -0.15) is 0 Å². The fourth-order valence-corrected chi connectivity index (χ4v) is 8.03. The number of benzene rings is 2. The van der Waals surface area contributed by atoms with Crippen LogP contribution in [0.15, 0.2) is 52.3 Å². The highest BCUT2D eigenvalue weighted by Gasteiger charge is 2.34. The average molecular weight is 506 g/mol. The predicted octanol–water partition coefficient (Wildman–Crippen LogP) is 4.71. The van der Waals surface area contributed by atoms with Crippen molar-refractivity contribution in [3.63, 3.8) is 0 Å². The van der Waals surface area contributed by atoms with E-state index >= 15 is 0 Å². The van der Waals surface area contributed by atoms with Crippen molar-refractivity contribution in [3.05, 3.63) is 48.0 Å². The fourth-order valence-electron chi connectivity index (χ4n) is 4.63. The van der Waals surface area contributed by atoms with Gasteiger partial charge in [0.1, 0.15) is 5.88 Å². The number of hydrogen-bond donors (Lipinski definition) is 1. The summed E-state index contributed by atoms with van der Waals surface area (Å²) >= 11 is 0. The van der Waals surface area contributed by atoms with Gasteiger partial charge in [0, 0.05) is 26.3 Å². The van der Waals surface area contributed by atoms with E-state index in [1.807, 2.05) is 43.0 Å². The van der Waals surface area contributed by atoms with Gasteiger partial charge >= 0.3 is 0 Å². The van der Waals surface area contributed by atoms with Gasteiger partial charge in [0.05, 0.1) is 30.9 Å². The minimum atomic E-state index is -3.90. The molecule has 186 valence electrons. The molecule has 2 aliphatic heterocycles. The lowest BCUT2D eigenvalue weighted by Crippen LogP contribution is -2.34. The molecule has 0 spiro atoms. The zero-order valence-electron chi connectivity index (χ0n) is 20.2. The van der Waals surface area contributed by atoms with Crippen molar-refractivity contribution in [2.24, 2.45) is 11.8 Å². The van der Waals surface area contributed by atoms with Crippen molar-refractivity contribution in [2.45, 2.75) is 49.8 Å². The van der Waals surface area contributed by atoms with E-state index in [9.17, 15) is 12.6 Å². The molecule has 2 heterocycles. The van der Waals surface area contributed by atoms with E-state index in [-0.39, 0.29) is 16.7 Å². The molecule has 1 saturated heterocycles. The van der Waals surface area contributed by atoms with E-state index in [0.717, 1.165) is 38.0 Å². The standard InChI is InChI=1S/C25H35N3O4S2/c1-4-20-5-7-22(8-6-20)28(16-19(2)3)34(30,31)23-9-10-24-25(15-23)33(26,29)18-27(24)17-21-11-13-32-14-12-21/h5-10,15,19,21,26H,4,11-14,16-18H2,1-3H3. The molecule has 0 radical (unpaired) electrons. The maximum Gasteiger partial charge on any atom is 0.264 e. The number of fused-ring (bicyclic) bond motifs is 1. The van der Waals surface area contributed by atoms with Gasteiger partial charge in [-0.15, -0.1) is 0 Å². The molecule has 0 aliphatic carbocycles. The zero-order chi connectivity index (χ0) is 24.5. The van der Waals surface area contributed by atoms with Gasteiger partial charge in [-0.25, -0.2) is 17.4 Å². The Kier molecular flexibility index (Phi) is 7.26. The first kappa shape index (κ1) is 25.0. The Balaban J connectivity index is 1.68. The van der Waals surface area contributed by atoms with Crippen molar-refractivity contribution in [3.8, 4) is 0 Å². The van der Waals surface area contributed by atoms with E-state index in [1.165, 1.54) is 10.4 Å². The minimum Gasteiger partial charge on any atom is -0.381 e. The summed E-state index contributed by atoms with van der Waals surface area (Å²) in [4.78, 5) is 2.40. The number of aryl methyl sites for hydroxylation is 1. The van der Waals surface area contributed by atoms with Gasteiger partial charge in [0.2, 0.25) is 0 Å². The summed E-state index contributed by atoms with van der Waals surface area (Å²) in [5, 5.41) is 0. The normalized spacial score (nSPS) is 21.1. The Morgan fingerprint density at radius 3 is 2.44 bits per heavy atom. The van der Waals surface area contributed by atoms with Gasteiger partial charge in [-0.1, -0.05) is 32.9 Å². The van der Waals surface area contributed by atoms with Crippen LogP contribution in [0.3, 0.4) is 0 Å². The van der Waals surface area contributed by atoms with Crippen LogP contribution in [0.25, 0.3) is 0 Å². The molecule has 0 bridgehead atoms. The number of nitrogens with zero attached hydrogens (tertiary/aromatic N) is 2. The summed E-state index contributed by atoms with van der Waals surface area (Å²) in [6.07, 6.45) is 2.77. The van der Waals surface area contributed by atoms with Gasteiger partial charge in [-0.3, -0.25) is 4.31 Å². The molecule has 1 fully saturated rings. The SMILES string of the molecule is CCc1ccc(N(CC(C)C)S(=O)(=O)c2ccc3c(c2)S(=N)(=O)CN3CC2CCOCC2)cc1. The van der Waals surface area contributed by atoms with Crippen LogP contribution in [-0.2, 0) is 30.9 Å². The predicted molar refractivity (Wildman–Crippen MR) is 137 cm³/mol. The first-order valence-electron chi connectivity index (χ1n) is 12.0. The second-order valence-electron chi connectivity index (χ2n) is 9.66. The maximum absolute atomic E-state index is 13.8. The van der Waals surface area contributed by atoms with E-state index in [4.69, 9.17) is 9.52 Å². The highest BCUT2D eigenvalue weighted by molar-refractivity contribution is 7.93. The molecule has 0 aromatic heterocycles. The molecule has 2 aromatic rings. The van der Waals surface area contributed by atoms with E-state index < -0.39 is 19.8 Å². The number of ether oxygens (including phenoxy) is 1. The monoisotopic (exact) mass is 505 g/mol. The third-order valence-electron chi connectivity index (χ3n) is 6.54. The highest BCUT2D eigenvalue weighted by atomic mass is 32.2. The highest BCUT2D eigenvalue weighted by Crippen LogP contribution is 2.38. The minimum absolute atomic E-state index is 0.0827. The molecule has 0 saturated carbocycles. The van der Waals surface area contributed by atoms with Crippen LogP contribution in [0, 0.1) is 16.6 Å². The Morgan fingerprint density at radius 1 is 1.15 bits per heavy atom. The molecule has 2 aromatic carbocycles. The van der Waals surface area contributed by atoms with Crippen LogP contribution >= 0.6 is 0 Å². The number of rotatable bonds is 8. The number of nitrogens with one attached hydrogen (secondary N) is 1. The van der Waals surface area contributed by atoms with Gasteiger partial charge in [0.15, 0.2) is 0 Å². The van der Waals surface area contributed by atoms with Gasteiger partial charge < -0.3 is 9.64 Å². The van der Waals surface area contributed by atoms with Crippen LogP contribution in [-0.4, -0.2) is 44.8 Å². The number of anilines is 2. The second kappa shape index (κ2) is 9.87. The van der Waals surface area contributed by atoms with Crippen LogP contribution in [0.2, 0.25) is 0 Å². The first-order chi connectivity index (χ1) is 16.1. The van der Waals surface area contributed by atoms with E-state index in [2.05, 4.69) is 6.92 Å². The lowest BCUT2D eigenvalue weighted by Gasteiger charge is -2.28. The summed E-state index contributed by atoms with van der Waals surface area (Å²) in [6, 6.07) is 12.4. The summed E-state index contributed by atoms with van der Waals surface area (Å²) in [5.41, 5.74) is 2.47. The van der Waals surface area contributed by atoms with Crippen molar-refractivity contribution in [1.29, 1.82) is 4.78 Å². The zero-order valence-corrected chi connectivity index (χ0v) is 21.8. The largest absolute Gasteiger partial charge is 0.381 e. The quantitative estimate of drug-likeness (QED) is 0.561. The first-order valence-corrected chi connectivity index (χ1v) is 15.1. The summed E-state index contributed by atoms with van der Waals surface area (Å²) in [7, 11) is -6.99. The summed E-state index contributed by atoms with van der Waals surface area (Å²) in [6.45, 7) is 8.52. The van der Waals surface area contributed by atoms with E-state index in [1.54, 1.807) is 12.1 Å². The topological polar surface area (TPSA) is 90.8 Å². The van der Waals surface area contributed by atoms with Crippen molar-refractivity contribution in [2.75, 3.05) is 41.4 Å². The number of hydrogen-bond acceptors (Lipinski definition) is 6. The Bertz CT molecular complexity index is 1220. The third kappa shape index (κ3) is 5.11. The average Bonchev–Trinajstić information content (AvgIpc) is 3.07. The molecule has 1 atom stereocenters. The van der Waals surface area contributed by atoms with Crippen molar-refractivity contribution < 1.29 is 17.4 Å². The molecular weight excluding hydrogens is 470 g/mol. The molecule has 1 unspecified atom stereocenters. The molecule has 1 N–H and O–H groups in total. The maximum atomic E-state index is 13.8. The van der Waals surface area contributed by atoms with Crippen molar-refractivity contribution >= 4 is 31.1 Å². The Labute approximate surface area is 204 Å². The molecule has 34 heavy (non-hydrogen) atoms. The van der Waals surface area contributed by atoms with Crippen molar-refractivity contribution in [1.82, 2.24) is 0 Å². The summed E-state index contributed by atoms with van der Waals surface area (Å²) in [5.74, 6) is 0.647. The van der Waals surface area contributed by atoms with Gasteiger partial charge in [0.25, 0.3) is 10.0 Å². The van der Waals surface area contributed by atoms with Gasteiger partial charge in [-0.05, 0) is 67.0 Å². The molecule has 9 heteroatoms. The lowest BCUT2D eigenvalue weighted by atomic mass is 10.00.